The summed E-state index contributed by atoms with van der Waals surface area (Å²) in [6.07, 6.45) is 13.8. The zero-order valence-electron chi connectivity index (χ0n) is 9.80. The van der Waals surface area contributed by atoms with Gasteiger partial charge >= 0.3 is 0 Å². The number of unbranched alkanes of at least 4 members (excludes halogenated alkanes) is 3. The van der Waals surface area contributed by atoms with Crippen molar-refractivity contribution in [2.75, 3.05) is 0 Å². The van der Waals surface area contributed by atoms with Crippen LogP contribution in [0.15, 0.2) is 0 Å². The maximum absolute atomic E-state index is 6.23. The van der Waals surface area contributed by atoms with Gasteiger partial charge in [-0.2, -0.15) is 0 Å². The summed E-state index contributed by atoms with van der Waals surface area (Å²) in [6, 6.07) is 0.507. The van der Waals surface area contributed by atoms with E-state index in [0.29, 0.717) is 6.04 Å². The van der Waals surface area contributed by atoms with E-state index < -0.39 is 0 Å². The predicted molar refractivity (Wildman–Crippen MR) is 63.3 cm³/mol. The Hall–Kier alpha value is -0.0400. The molecule has 0 spiro atoms. The van der Waals surface area contributed by atoms with E-state index in [9.17, 15) is 0 Å². The molecule has 1 aliphatic carbocycles. The SMILES string of the molecule is CCCCCCC(N)C1CCCCC1. The van der Waals surface area contributed by atoms with Gasteiger partial charge in [0, 0.05) is 6.04 Å². The average molecular weight is 197 g/mol. The molecule has 0 aliphatic heterocycles. The number of rotatable bonds is 6. The lowest BCUT2D eigenvalue weighted by Gasteiger charge is -2.27. The molecule has 1 rings (SSSR count). The fourth-order valence-electron chi connectivity index (χ4n) is 2.60. The molecule has 0 aromatic rings. The quantitative estimate of drug-likeness (QED) is 0.643. The van der Waals surface area contributed by atoms with Gasteiger partial charge < -0.3 is 5.73 Å². The summed E-state index contributed by atoms with van der Waals surface area (Å²) >= 11 is 0. The maximum atomic E-state index is 6.23. The standard InChI is InChI=1S/C13H27N/c1-2-3-4-8-11-13(14)12-9-6-5-7-10-12/h12-13H,2-11,14H2,1H3. The van der Waals surface area contributed by atoms with Crippen LogP contribution < -0.4 is 5.73 Å². The third-order valence-electron chi connectivity index (χ3n) is 3.65. The summed E-state index contributed by atoms with van der Waals surface area (Å²) in [5, 5.41) is 0. The number of hydrogen-bond donors (Lipinski definition) is 1. The third-order valence-corrected chi connectivity index (χ3v) is 3.65. The van der Waals surface area contributed by atoms with Crippen molar-refractivity contribution in [1.82, 2.24) is 0 Å². The van der Waals surface area contributed by atoms with E-state index >= 15 is 0 Å². The molecule has 1 saturated carbocycles. The molecule has 0 amide bonds. The van der Waals surface area contributed by atoms with Gasteiger partial charge in [0.1, 0.15) is 0 Å². The van der Waals surface area contributed by atoms with Gasteiger partial charge in [-0.25, -0.2) is 0 Å². The van der Waals surface area contributed by atoms with Crippen LogP contribution in [0.2, 0.25) is 0 Å². The molecular formula is C13H27N. The highest BCUT2D eigenvalue weighted by molar-refractivity contribution is 4.76. The van der Waals surface area contributed by atoms with Gasteiger partial charge in [0.25, 0.3) is 0 Å². The van der Waals surface area contributed by atoms with Crippen LogP contribution >= 0.6 is 0 Å². The molecule has 14 heavy (non-hydrogen) atoms. The highest BCUT2D eigenvalue weighted by atomic mass is 14.6. The molecule has 1 fully saturated rings. The van der Waals surface area contributed by atoms with E-state index in [4.69, 9.17) is 5.73 Å². The summed E-state index contributed by atoms with van der Waals surface area (Å²) in [4.78, 5) is 0. The van der Waals surface area contributed by atoms with E-state index in [1.807, 2.05) is 0 Å². The zero-order chi connectivity index (χ0) is 10.2. The lowest BCUT2D eigenvalue weighted by Crippen LogP contribution is -2.31. The molecule has 1 unspecified atom stereocenters. The molecule has 0 heterocycles. The largest absolute Gasteiger partial charge is 0.327 e. The molecule has 0 aromatic heterocycles. The molecule has 0 aromatic carbocycles. The Morgan fingerprint density at radius 2 is 1.79 bits per heavy atom. The van der Waals surface area contributed by atoms with Gasteiger partial charge in [-0.1, -0.05) is 51.9 Å². The summed E-state index contributed by atoms with van der Waals surface area (Å²) in [5.41, 5.74) is 6.23. The van der Waals surface area contributed by atoms with Crippen LogP contribution in [0, 0.1) is 5.92 Å². The van der Waals surface area contributed by atoms with Gasteiger partial charge in [0.2, 0.25) is 0 Å². The normalized spacial score (nSPS) is 21.0. The van der Waals surface area contributed by atoms with Crippen molar-refractivity contribution in [3.8, 4) is 0 Å². The van der Waals surface area contributed by atoms with Crippen LogP contribution in [0.5, 0.6) is 0 Å². The first-order valence-electron chi connectivity index (χ1n) is 6.60. The molecule has 0 radical (unpaired) electrons. The Morgan fingerprint density at radius 1 is 1.07 bits per heavy atom. The van der Waals surface area contributed by atoms with Gasteiger partial charge in [0.15, 0.2) is 0 Å². The second-order valence-electron chi connectivity index (χ2n) is 4.91. The maximum Gasteiger partial charge on any atom is 0.00671 e. The van der Waals surface area contributed by atoms with E-state index in [1.54, 1.807) is 0 Å². The first kappa shape index (κ1) is 12.0. The first-order valence-corrected chi connectivity index (χ1v) is 6.60. The Balaban J connectivity index is 2.04. The Bertz CT molecular complexity index is 127. The average Bonchev–Trinajstić information content (AvgIpc) is 2.25. The summed E-state index contributed by atoms with van der Waals surface area (Å²) in [7, 11) is 0. The highest BCUT2D eigenvalue weighted by Crippen LogP contribution is 2.27. The number of hydrogen-bond acceptors (Lipinski definition) is 1. The van der Waals surface area contributed by atoms with E-state index in [1.165, 1.54) is 64.2 Å². The van der Waals surface area contributed by atoms with Crippen LogP contribution in [0.1, 0.15) is 71.1 Å². The van der Waals surface area contributed by atoms with Crippen molar-refractivity contribution in [3.63, 3.8) is 0 Å². The predicted octanol–water partition coefficient (Wildman–Crippen LogP) is 3.86. The van der Waals surface area contributed by atoms with Crippen molar-refractivity contribution < 1.29 is 0 Å². The third kappa shape index (κ3) is 4.45. The summed E-state index contributed by atoms with van der Waals surface area (Å²) in [5.74, 6) is 0.852. The van der Waals surface area contributed by atoms with Crippen LogP contribution in [-0.2, 0) is 0 Å². The Kier molecular flexibility index (Phi) is 6.25. The Morgan fingerprint density at radius 3 is 2.43 bits per heavy atom. The minimum Gasteiger partial charge on any atom is -0.327 e. The van der Waals surface area contributed by atoms with Crippen molar-refractivity contribution in [2.24, 2.45) is 11.7 Å². The smallest absolute Gasteiger partial charge is 0.00671 e. The van der Waals surface area contributed by atoms with Crippen molar-refractivity contribution in [1.29, 1.82) is 0 Å². The lowest BCUT2D eigenvalue weighted by molar-refractivity contribution is 0.290. The van der Waals surface area contributed by atoms with Gasteiger partial charge in [-0.15, -0.1) is 0 Å². The molecule has 84 valence electrons. The fourth-order valence-corrected chi connectivity index (χ4v) is 2.60. The minimum atomic E-state index is 0.507. The molecular weight excluding hydrogens is 170 g/mol. The van der Waals surface area contributed by atoms with Crippen LogP contribution in [0.3, 0.4) is 0 Å². The van der Waals surface area contributed by atoms with Crippen LogP contribution in [0.4, 0.5) is 0 Å². The first-order chi connectivity index (χ1) is 6.84. The lowest BCUT2D eigenvalue weighted by atomic mass is 9.82. The minimum absolute atomic E-state index is 0.507. The molecule has 1 atom stereocenters. The summed E-state index contributed by atoms with van der Waals surface area (Å²) < 4.78 is 0. The van der Waals surface area contributed by atoms with Crippen LogP contribution in [-0.4, -0.2) is 6.04 Å². The van der Waals surface area contributed by atoms with Gasteiger partial charge in [0.05, 0.1) is 0 Å². The molecule has 0 bridgehead atoms. The number of nitrogens with two attached hydrogens (primary N) is 1. The van der Waals surface area contributed by atoms with Crippen molar-refractivity contribution >= 4 is 0 Å². The van der Waals surface area contributed by atoms with Crippen molar-refractivity contribution in [2.45, 2.75) is 77.2 Å². The van der Waals surface area contributed by atoms with E-state index in [0.717, 1.165) is 5.92 Å². The molecule has 1 nitrogen and oxygen atoms in total. The zero-order valence-corrected chi connectivity index (χ0v) is 9.80. The van der Waals surface area contributed by atoms with E-state index in [2.05, 4.69) is 6.92 Å². The molecule has 1 heteroatoms. The topological polar surface area (TPSA) is 26.0 Å². The monoisotopic (exact) mass is 197 g/mol. The van der Waals surface area contributed by atoms with Gasteiger partial charge in [-0.3, -0.25) is 0 Å². The highest BCUT2D eigenvalue weighted by Gasteiger charge is 2.19. The molecule has 2 N–H and O–H groups in total. The molecule has 1 aliphatic rings. The van der Waals surface area contributed by atoms with Crippen molar-refractivity contribution in [3.05, 3.63) is 0 Å². The Labute approximate surface area is 89.5 Å². The molecule has 0 saturated heterocycles. The second kappa shape index (κ2) is 7.28. The van der Waals surface area contributed by atoms with Crippen LogP contribution in [0.25, 0.3) is 0 Å². The fraction of sp³-hybridized carbons (Fsp3) is 1.00. The van der Waals surface area contributed by atoms with Gasteiger partial charge in [-0.05, 0) is 25.2 Å². The summed E-state index contributed by atoms with van der Waals surface area (Å²) in [6.45, 7) is 2.26. The van der Waals surface area contributed by atoms with E-state index in [-0.39, 0.29) is 0 Å². The second-order valence-corrected chi connectivity index (χ2v) is 4.91.